The standard InChI is InChI=1S/C13H16Br2N2O/c1-9-8-16(2)5-6-17(9)13(18)11-4-3-10(14)7-12(11)15/h3-4,7,9H,5-6,8H2,1-2H3. The van der Waals surface area contributed by atoms with E-state index in [-0.39, 0.29) is 11.9 Å². The van der Waals surface area contributed by atoms with Crippen LogP contribution in [0.4, 0.5) is 0 Å². The van der Waals surface area contributed by atoms with Crippen LogP contribution in [-0.2, 0) is 0 Å². The highest BCUT2D eigenvalue weighted by molar-refractivity contribution is 9.11. The van der Waals surface area contributed by atoms with Gasteiger partial charge in [-0.1, -0.05) is 15.9 Å². The molecule has 1 unspecified atom stereocenters. The van der Waals surface area contributed by atoms with E-state index >= 15 is 0 Å². The molecule has 2 rings (SSSR count). The fraction of sp³-hybridized carbons (Fsp3) is 0.462. The molecule has 0 bridgehead atoms. The van der Waals surface area contributed by atoms with Gasteiger partial charge in [0.25, 0.3) is 5.91 Å². The minimum Gasteiger partial charge on any atom is -0.333 e. The Morgan fingerprint density at radius 2 is 2.06 bits per heavy atom. The van der Waals surface area contributed by atoms with E-state index in [4.69, 9.17) is 0 Å². The molecule has 0 radical (unpaired) electrons. The predicted molar refractivity (Wildman–Crippen MR) is 79.8 cm³/mol. The van der Waals surface area contributed by atoms with E-state index in [0.717, 1.165) is 34.1 Å². The zero-order chi connectivity index (χ0) is 13.3. The van der Waals surface area contributed by atoms with Crippen LogP contribution in [0.3, 0.4) is 0 Å². The fourth-order valence-electron chi connectivity index (χ4n) is 2.26. The lowest BCUT2D eigenvalue weighted by atomic mass is 10.1. The summed E-state index contributed by atoms with van der Waals surface area (Å²) in [5.41, 5.74) is 0.731. The SMILES string of the molecule is CC1CN(C)CCN1C(=O)c1ccc(Br)cc1Br. The van der Waals surface area contributed by atoms with Crippen molar-refractivity contribution in [3.05, 3.63) is 32.7 Å². The molecule has 0 saturated carbocycles. The molecule has 1 heterocycles. The maximum atomic E-state index is 12.5. The van der Waals surface area contributed by atoms with Crippen LogP contribution in [0.5, 0.6) is 0 Å². The Kier molecular flexibility index (Phi) is 4.45. The highest BCUT2D eigenvalue weighted by Crippen LogP contribution is 2.24. The van der Waals surface area contributed by atoms with Gasteiger partial charge in [-0.2, -0.15) is 0 Å². The van der Waals surface area contributed by atoms with Crippen molar-refractivity contribution in [2.75, 3.05) is 26.7 Å². The van der Waals surface area contributed by atoms with E-state index in [0.29, 0.717) is 0 Å². The van der Waals surface area contributed by atoms with Crippen molar-refractivity contribution in [1.82, 2.24) is 9.80 Å². The second kappa shape index (κ2) is 5.72. The number of amides is 1. The smallest absolute Gasteiger partial charge is 0.255 e. The largest absolute Gasteiger partial charge is 0.333 e. The number of carbonyl (C=O) groups is 1. The van der Waals surface area contributed by atoms with Crippen molar-refractivity contribution < 1.29 is 4.79 Å². The van der Waals surface area contributed by atoms with Crippen molar-refractivity contribution in [1.29, 1.82) is 0 Å². The average Bonchev–Trinajstić information content (AvgIpc) is 2.28. The zero-order valence-electron chi connectivity index (χ0n) is 10.5. The topological polar surface area (TPSA) is 23.6 Å². The van der Waals surface area contributed by atoms with Gasteiger partial charge < -0.3 is 9.80 Å². The summed E-state index contributed by atoms with van der Waals surface area (Å²) < 4.78 is 1.81. The first-order valence-electron chi connectivity index (χ1n) is 5.93. The molecule has 0 N–H and O–H groups in total. The van der Waals surface area contributed by atoms with Gasteiger partial charge in [-0.25, -0.2) is 0 Å². The van der Waals surface area contributed by atoms with Gasteiger partial charge in [0, 0.05) is 34.6 Å². The van der Waals surface area contributed by atoms with Gasteiger partial charge >= 0.3 is 0 Å². The van der Waals surface area contributed by atoms with Crippen LogP contribution >= 0.6 is 31.9 Å². The van der Waals surface area contributed by atoms with Crippen molar-refractivity contribution in [3.8, 4) is 0 Å². The molecule has 1 amide bonds. The van der Waals surface area contributed by atoms with Gasteiger partial charge in [-0.3, -0.25) is 4.79 Å². The monoisotopic (exact) mass is 374 g/mol. The number of likely N-dealkylation sites (N-methyl/N-ethyl adjacent to an activating group) is 1. The number of benzene rings is 1. The number of hydrogen-bond donors (Lipinski definition) is 0. The minimum absolute atomic E-state index is 0.106. The second-order valence-corrected chi connectivity index (χ2v) is 6.50. The van der Waals surface area contributed by atoms with Gasteiger partial charge in [0.15, 0.2) is 0 Å². The first-order chi connectivity index (χ1) is 8.49. The van der Waals surface area contributed by atoms with Gasteiger partial charge in [-0.05, 0) is 48.1 Å². The molecular weight excluding hydrogens is 360 g/mol. The summed E-state index contributed by atoms with van der Waals surface area (Å²) in [6.07, 6.45) is 0. The molecule has 1 saturated heterocycles. The molecule has 3 nitrogen and oxygen atoms in total. The maximum Gasteiger partial charge on any atom is 0.255 e. The molecule has 5 heteroatoms. The van der Waals surface area contributed by atoms with Crippen LogP contribution < -0.4 is 0 Å². The van der Waals surface area contributed by atoms with Crippen LogP contribution in [0, 0.1) is 0 Å². The molecule has 1 aliphatic heterocycles. The zero-order valence-corrected chi connectivity index (χ0v) is 13.7. The molecular formula is C13H16Br2N2O. The van der Waals surface area contributed by atoms with Crippen molar-refractivity contribution in [2.45, 2.75) is 13.0 Å². The first kappa shape index (κ1) is 14.0. The molecule has 1 fully saturated rings. The molecule has 1 aliphatic rings. The Morgan fingerprint density at radius 1 is 1.33 bits per heavy atom. The Hall–Kier alpha value is -0.390. The molecule has 0 aromatic heterocycles. The Bertz CT molecular complexity index is 464. The summed E-state index contributed by atoms with van der Waals surface area (Å²) in [5, 5.41) is 0. The average molecular weight is 376 g/mol. The lowest BCUT2D eigenvalue weighted by molar-refractivity contribution is 0.0532. The number of carbonyl (C=O) groups excluding carboxylic acids is 1. The molecule has 98 valence electrons. The fourth-order valence-corrected chi connectivity index (χ4v) is 3.48. The molecule has 0 spiro atoms. The number of rotatable bonds is 1. The summed E-state index contributed by atoms with van der Waals surface area (Å²) >= 11 is 6.86. The van der Waals surface area contributed by atoms with Crippen LogP contribution in [0.25, 0.3) is 0 Å². The summed E-state index contributed by atoms with van der Waals surface area (Å²) in [6, 6.07) is 5.93. The van der Waals surface area contributed by atoms with E-state index in [9.17, 15) is 4.79 Å². The molecule has 1 aromatic carbocycles. The van der Waals surface area contributed by atoms with E-state index in [2.05, 4.69) is 50.7 Å². The number of nitrogens with zero attached hydrogens (tertiary/aromatic N) is 2. The summed E-state index contributed by atoms with van der Waals surface area (Å²) in [5.74, 6) is 0.106. The lowest BCUT2D eigenvalue weighted by Crippen LogP contribution is -2.52. The summed E-state index contributed by atoms with van der Waals surface area (Å²) in [7, 11) is 2.09. The third kappa shape index (κ3) is 2.95. The number of piperazine rings is 1. The van der Waals surface area contributed by atoms with Crippen LogP contribution in [-0.4, -0.2) is 48.4 Å². The quantitative estimate of drug-likeness (QED) is 0.753. The molecule has 18 heavy (non-hydrogen) atoms. The highest BCUT2D eigenvalue weighted by atomic mass is 79.9. The molecule has 1 aromatic rings. The third-order valence-corrected chi connectivity index (χ3v) is 4.40. The highest BCUT2D eigenvalue weighted by Gasteiger charge is 2.27. The maximum absolute atomic E-state index is 12.5. The summed E-state index contributed by atoms with van der Waals surface area (Å²) in [6.45, 7) is 4.75. The van der Waals surface area contributed by atoms with Crippen LogP contribution in [0.1, 0.15) is 17.3 Å². The van der Waals surface area contributed by atoms with E-state index < -0.39 is 0 Å². The Morgan fingerprint density at radius 3 is 2.67 bits per heavy atom. The van der Waals surface area contributed by atoms with E-state index in [1.54, 1.807) is 0 Å². The number of hydrogen-bond acceptors (Lipinski definition) is 2. The van der Waals surface area contributed by atoms with Crippen LogP contribution in [0.15, 0.2) is 27.1 Å². The van der Waals surface area contributed by atoms with E-state index in [1.807, 2.05) is 23.1 Å². The van der Waals surface area contributed by atoms with Gasteiger partial charge in [0.05, 0.1) is 5.56 Å². The lowest BCUT2D eigenvalue weighted by Gasteiger charge is -2.38. The van der Waals surface area contributed by atoms with E-state index in [1.165, 1.54) is 0 Å². The Balaban J connectivity index is 2.20. The summed E-state index contributed by atoms with van der Waals surface area (Å²) in [4.78, 5) is 16.7. The first-order valence-corrected chi connectivity index (χ1v) is 7.52. The van der Waals surface area contributed by atoms with Crippen molar-refractivity contribution in [2.24, 2.45) is 0 Å². The van der Waals surface area contributed by atoms with Crippen molar-refractivity contribution >= 4 is 37.8 Å². The second-order valence-electron chi connectivity index (χ2n) is 4.73. The predicted octanol–water partition coefficient (Wildman–Crippen LogP) is 2.99. The molecule has 0 aliphatic carbocycles. The third-order valence-electron chi connectivity index (χ3n) is 3.25. The normalized spacial score (nSPS) is 21.1. The minimum atomic E-state index is 0.106. The van der Waals surface area contributed by atoms with Crippen LogP contribution in [0.2, 0.25) is 0 Å². The van der Waals surface area contributed by atoms with Gasteiger partial charge in [-0.15, -0.1) is 0 Å². The van der Waals surface area contributed by atoms with Gasteiger partial charge in [0.1, 0.15) is 0 Å². The van der Waals surface area contributed by atoms with Crippen molar-refractivity contribution in [3.63, 3.8) is 0 Å². The number of halogens is 2. The Labute approximate surface area is 124 Å². The van der Waals surface area contributed by atoms with Gasteiger partial charge in [0.2, 0.25) is 0 Å². The molecule has 1 atom stereocenters.